The van der Waals surface area contributed by atoms with Crippen LogP contribution in [0.3, 0.4) is 0 Å². The van der Waals surface area contributed by atoms with Crippen LogP contribution in [0.5, 0.6) is 0 Å². The molecule has 5 heteroatoms. The summed E-state index contributed by atoms with van der Waals surface area (Å²) in [5.41, 5.74) is 3.19. The van der Waals surface area contributed by atoms with Gasteiger partial charge in [0, 0.05) is 18.7 Å². The Morgan fingerprint density at radius 1 is 1.07 bits per heavy atom. The summed E-state index contributed by atoms with van der Waals surface area (Å²) in [6.45, 7) is 2.52. The molecule has 2 aromatic carbocycles. The first-order valence-electron chi connectivity index (χ1n) is 9.29. The van der Waals surface area contributed by atoms with Crippen LogP contribution in [-0.2, 0) is 27.6 Å². The van der Waals surface area contributed by atoms with E-state index in [-0.39, 0.29) is 23.5 Å². The van der Waals surface area contributed by atoms with Crippen molar-refractivity contribution < 1.29 is 13.2 Å². The summed E-state index contributed by atoms with van der Waals surface area (Å²) in [4.78, 5) is 14.6. The van der Waals surface area contributed by atoms with E-state index in [1.54, 1.807) is 17.1 Å². The van der Waals surface area contributed by atoms with E-state index in [2.05, 4.69) is 19.1 Å². The maximum atomic E-state index is 12.9. The van der Waals surface area contributed by atoms with Crippen LogP contribution in [-0.4, -0.2) is 36.8 Å². The summed E-state index contributed by atoms with van der Waals surface area (Å²) in [5, 5.41) is 0. The van der Waals surface area contributed by atoms with Crippen molar-refractivity contribution in [2.24, 2.45) is 0 Å². The Morgan fingerprint density at radius 2 is 1.74 bits per heavy atom. The molecule has 1 heterocycles. The first-order valence-corrected chi connectivity index (χ1v) is 11.1. The molecule has 27 heavy (non-hydrogen) atoms. The SMILES string of the molecule is CCc1ccc(CN(C(=O)/C=C/c2ccccc2)[C@H]2CCS(=O)(=O)C2)cc1. The second kappa shape index (κ2) is 8.53. The predicted molar refractivity (Wildman–Crippen MR) is 109 cm³/mol. The fraction of sp³-hybridized carbons (Fsp3) is 0.318. The number of nitrogens with zero attached hydrogens (tertiary/aromatic N) is 1. The molecule has 1 saturated heterocycles. The Hall–Kier alpha value is -2.40. The number of amides is 1. The van der Waals surface area contributed by atoms with Gasteiger partial charge in [-0.05, 0) is 35.6 Å². The molecule has 0 N–H and O–H groups in total. The molecule has 0 radical (unpaired) electrons. The lowest BCUT2D eigenvalue weighted by molar-refractivity contribution is -0.128. The maximum Gasteiger partial charge on any atom is 0.247 e. The van der Waals surface area contributed by atoms with Crippen molar-refractivity contribution in [1.82, 2.24) is 4.90 Å². The molecule has 0 aromatic heterocycles. The van der Waals surface area contributed by atoms with Gasteiger partial charge in [0.15, 0.2) is 9.84 Å². The topological polar surface area (TPSA) is 54.5 Å². The Balaban J connectivity index is 1.80. The van der Waals surface area contributed by atoms with Crippen molar-refractivity contribution in [3.8, 4) is 0 Å². The van der Waals surface area contributed by atoms with E-state index >= 15 is 0 Å². The van der Waals surface area contributed by atoms with Crippen molar-refractivity contribution in [1.29, 1.82) is 0 Å². The van der Waals surface area contributed by atoms with Crippen LogP contribution in [0.4, 0.5) is 0 Å². The monoisotopic (exact) mass is 383 g/mol. The van der Waals surface area contributed by atoms with Crippen molar-refractivity contribution >= 4 is 21.8 Å². The zero-order valence-electron chi connectivity index (χ0n) is 15.5. The van der Waals surface area contributed by atoms with Crippen LogP contribution in [0, 0.1) is 0 Å². The summed E-state index contributed by atoms with van der Waals surface area (Å²) in [6.07, 6.45) is 4.78. The molecule has 142 valence electrons. The van der Waals surface area contributed by atoms with E-state index in [0.717, 1.165) is 17.5 Å². The maximum absolute atomic E-state index is 12.9. The number of aryl methyl sites for hydroxylation is 1. The minimum atomic E-state index is -3.06. The molecule has 1 atom stereocenters. The van der Waals surface area contributed by atoms with E-state index in [9.17, 15) is 13.2 Å². The molecule has 2 aromatic rings. The lowest BCUT2D eigenvalue weighted by atomic mass is 10.1. The first kappa shape index (κ1) is 19.4. The third-order valence-electron chi connectivity index (χ3n) is 4.93. The number of sulfone groups is 1. The summed E-state index contributed by atoms with van der Waals surface area (Å²) in [6, 6.07) is 17.5. The third kappa shape index (κ3) is 5.30. The number of carbonyl (C=O) groups is 1. The second-order valence-electron chi connectivity index (χ2n) is 6.94. The van der Waals surface area contributed by atoms with E-state index in [0.29, 0.717) is 13.0 Å². The molecule has 1 aliphatic rings. The van der Waals surface area contributed by atoms with Gasteiger partial charge in [-0.25, -0.2) is 8.42 Å². The van der Waals surface area contributed by atoms with Crippen LogP contribution in [0.1, 0.15) is 30.0 Å². The van der Waals surface area contributed by atoms with Crippen LogP contribution < -0.4 is 0 Å². The number of carbonyl (C=O) groups excluding carboxylic acids is 1. The number of hydrogen-bond acceptors (Lipinski definition) is 3. The lowest BCUT2D eigenvalue weighted by Gasteiger charge is -2.27. The number of benzene rings is 2. The van der Waals surface area contributed by atoms with E-state index < -0.39 is 9.84 Å². The highest BCUT2D eigenvalue weighted by molar-refractivity contribution is 7.91. The molecule has 0 saturated carbocycles. The molecular weight excluding hydrogens is 358 g/mol. The number of hydrogen-bond donors (Lipinski definition) is 0. The van der Waals surface area contributed by atoms with Gasteiger partial charge in [0.05, 0.1) is 11.5 Å². The zero-order chi connectivity index (χ0) is 19.3. The van der Waals surface area contributed by atoms with Gasteiger partial charge in [0.25, 0.3) is 0 Å². The molecular formula is C22H25NO3S. The molecule has 0 unspecified atom stereocenters. The Kier molecular flexibility index (Phi) is 6.11. The molecule has 1 amide bonds. The summed E-state index contributed by atoms with van der Waals surface area (Å²) < 4.78 is 23.9. The van der Waals surface area contributed by atoms with Gasteiger partial charge in [0.2, 0.25) is 5.91 Å². The summed E-state index contributed by atoms with van der Waals surface area (Å²) in [7, 11) is -3.06. The van der Waals surface area contributed by atoms with Gasteiger partial charge in [-0.1, -0.05) is 61.5 Å². The van der Waals surface area contributed by atoms with E-state index in [1.165, 1.54) is 5.56 Å². The van der Waals surface area contributed by atoms with E-state index in [4.69, 9.17) is 0 Å². The second-order valence-corrected chi connectivity index (χ2v) is 9.17. The minimum Gasteiger partial charge on any atom is -0.331 e. The summed E-state index contributed by atoms with van der Waals surface area (Å²) in [5.74, 6) is 0.0457. The van der Waals surface area contributed by atoms with Crippen molar-refractivity contribution in [2.45, 2.75) is 32.4 Å². The molecule has 3 rings (SSSR count). The smallest absolute Gasteiger partial charge is 0.247 e. The molecule has 4 nitrogen and oxygen atoms in total. The Morgan fingerprint density at radius 3 is 2.33 bits per heavy atom. The highest BCUT2D eigenvalue weighted by atomic mass is 32.2. The third-order valence-corrected chi connectivity index (χ3v) is 6.68. The van der Waals surface area contributed by atoms with Crippen molar-refractivity contribution in [3.63, 3.8) is 0 Å². The molecule has 1 aliphatic heterocycles. The van der Waals surface area contributed by atoms with Gasteiger partial charge >= 0.3 is 0 Å². The van der Waals surface area contributed by atoms with Gasteiger partial charge in [-0.15, -0.1) is 0 Å². The first-order chi connectivity index (χ1) is 13.0. The van der Waals surface area contributed by atoms with Gasteiger partial charge in [0.1, 0.15) is 0 Å². The zero-order valence-corrected chi connectivity index (χ0v) is 16.4. The Bertz CT molecular complexity index is 902. The van der Waals surface area contributed by atoms with Crippen molar-refractivity contribution in [2.75, 3.05) is 11.5 Å². The lowest BCUT2D eigenvalue weighted by Crippen LogP contribution is -2.39. The fourth-order valence-corrected chi connectivity index (χ4v) is 5.04. The van der Waals surface area contributed by atoms with Gasteiger partial charge < -0.3 is 4.90 Å². The molecule has 0 bridgehead atoms. The normalized spacial score (nSPS) is 18.6. The van der Waals surface area contributed by atoms with Gasteiger partial charge in [-0.3, -0.25) is 4.79 Å². The quantitative estimate of drug-likeness (QED) is 0.718. The van der Waals surface area contributed by atoms with Crippen LogP contribution in [0.15, 0.2) is 60.7 Å². The average Bonchev–Trinajstić information content (AvgIpc) is 3.05. The average molecular weight is 384 g/mol. The minimum absolute atomic E-state index is 0.0466. The fourth-order valence-electron chi connectivity index (χ4n) is 3.31. The van der Waals surface area contributed by atoms with Crippen LogP contribution in [0.2, 0.25) is 0 Å². The van der Waals surface area contributed by atoms with Crippen molar-refractivity contribution in [3.05, 3.63) is 77.4 Å². The standard InChI is InChI=1S/C22H25NO3S/c1-2-18-8-10-20(11-9-18)16-23(21-14-15-27(25,26)17-21)22(24)13-12-19-6-4-3-5-7-19/h3-13,21H,2,14-17H2,1H3/b13-12+/t21-/m0/s1. The highest BCUT2D eigenvalue weighted by Gasteiger charge is 2.34. The predicted octanol–water partition coefficient (Wildman–Crippen LogP) is 3.48. The highest BCUT2D eigenvalue weighted by Crippen LogP contribution is 2.21. The van der Waals surface area contributed by atoms with Gasteiger partial charge in [-0.2, -0.15) is 0 Å². The largest absolute Gasteiger partial charge is 0.331 e. The molecule has 0 spiro atoms. The Labute approximate surface area is 161 Å². The van der Waals surface area contributed by atoms with E-state index in [1.807, 2.05) is 42.5 Å². The van der Waals surface area contributed by atoms with Crippen LogP contribution in [0.25, 0.3) is 6.08 Å². The summed E-state index contributed by atoms with van der Waals surface area (Å²) >= 11 is 0. The molecule has 1 fully saturated rings. The number of rotatable bonds is 6. The molecule has 0 aliphatic carbocycles. The van der Waals surface area contributed by atoms with Crippen LogP contribution >= 0.6 is 0 Å².